The molecule has 0 aromatic heterocycles. The molecule has 1 fully saturated rings. The molecule has 1 aliphatic rings. The highest BCUT2D eigenvalue weighted by Gasteiger charge is 2.26. The smallest absolute Gasteiger partial charge is 0.128 e. The number of rotatable bonds is 3. The highest BCUT2D eigenvalue weighted by Crippen LogP contribution is 2.23. The Labute approximate surface area is 110 Å². The highest BCUT2D eigenvalue weighted by molar-refractivity contribution is 9.10. The maximum Gasteiger partial charge on any atom is 0.128 e. The van der Waals surface area contributed by atoms with Crippen molar-refractivity contribution in [3.8, 4) is 0 Å². The molecule has 1 N–H and O–H groups in total. The maximum atomic E-state index is 13.7. The standard InChI is InChI=1S/C13H17BrFNO/c1-9(17)10-4-5-16(7-10)8-11-2-3-12(14)6-13(11)15/h2-3,6,9-10,17H,4-5,7-8H2,1H3. The van der Waals surface area contributed by atoms with Gasteiger partial charge in [0.25, 0.3) is 0 Å². The number of hydrogen-bond acceptors (Lipinski definition) is 2. The van der Waals surface area contributed by atoms with Crippen LogP contribution in [0.1, 0.15) is 18.9 Å². The summed E-state index contributed by atoms with van der Waals surface area (Å²) in [5.74, 6) is 0.161. The second-order valence-corrected chi connectivity index (χ2v) is 5.68. The van der Waals surface area contributed by atoms with Gasteiger partial charge in [-0.3, -0.25) is 4.90 Å². The number of benzene rings is 1. The van der Waals surface area contributed by atoms with Crippen LogP contribution in [-0.4, -0.2) is 29.2 Å². The normalized spacial score (nSPS) is 22.9. The van der Waals surface area contributed by atoms with Crippen LogP contribution in [0.5, 0.6) is 0 Å². The van der Waals surface area contributed by atoms with Crippen LogP contribution in [0.25, 0.3) is 0 Å². The average molecular weight is 302 g/mol. The average Bonchev–Trinajstić information content (AvgIpc) is 2.71. The molecule has 0 bridgehead atoms. The lowest BCUT2D eigenvalue weighted by atomic mass is 10.0. The minimum Gasteiger partial charge on any atom is -0.393 e. The van der Waals surface area contributed by atoms with Crippen molar-refractivity contribution in [3.05, 3.63) is 34.1 Å². The molecule has 2 rings (SSSR count). The van der Waals surface area contributed by atoms with Crippen LogP contribution in [-0.2, 0) is 6.54 Å². The topological polar surface area (TPSA) is 23.5 Å². The largest absolute Gasteiger partial charge is 0.393 e. The first-order chi connectivity index (χ1) is 8.06. The van der Waals surface area contributed by atoms with Gasteiger partial charge < -0.3 is 5.11 Å². The van der Waals surface area contributed by atoms with Crippen molar-refractivity contribution in [2.24, 2.45) is 5.92 Å². The summed E-state index contributed by atoms with van der Waals surface area (Å²) in [6.45, 7) is 4.24. The van der Waals surface area contributed by atoms with Gasteiger partial charge in [0.2, 0.25) is 0 Å². The summed E-state index contributed by atoms with van der Waals surface area (Å²) in [6.07, 6.45) is 0.727. The van der Waals surface area contributed by atoms with E-state index in [-0.39, 0.29) is 11.9 Å². The summed E-state index contributed by atoms with van der Waals surface area (Å²) >= 11 is 3.25. The quantitative estimate of drug-likeness (QED) is 0.928. The van der Waals surface area contributed by atoms with Crippen molar-refractivity contribution in [2.75, 3.05) is 13.1 Å². The van der Waals surface area contributed by atoms with Gasteiger partial charge in [-0.15, -0.1) is 0 Å². The van der Waals surface area contributed by atoms with Crippen molar-refractivity contribution in [1.82, 2.24) is 4.90 Å². The van der Waals surface area contributed by atoms with Crippen LogP contribution >= 0.6 is 15.9 Å². The first kappa shape index (κ1) is 13.0. The van der Waals surface area contributed by atoms with E-state index in [0.29, 0.717) is 12.5 Å². The van der Waals surface area contributed by atoms with Crippen molar-refractivity contribution < 1.29 is 9.50 Å². The van der Waals surface area contributed by atoms with Gasteiger partial charge in [0, 0.05) is 23.1 Å². The second kappa shape index (κ2) is 5.46. The molecule has 4 heteroatoms. The molecule has 1 saturated heterocycles. The van der Waals surface area contributed by atoms with E-state index in [1.165, 1.54) is 6.07 Å². The molecule has 17 heavy (non-hydrogen) atoms. The Balaban J connectivity index is 1.98. The van der Waals surface area contributed by atoms with Crippen molar-refractivity contribution in [1.29, 1.82) is 0 Å². The summed E-state index contributed by atoms with van der Waals surface area (Å²) in [4.78, 5) is 2.20. The van der Waals surface area contributed by atoms with Crippen molar-refractivity contribution >= 4 is 15.9 Å². The Kier molecular flexibility index (Phi) is 4.17. The molecule has 94 valence electrons. The zero-order chi connectivity index (χ0) is 12.4. The van der Waals surface area contributed by atoms with Crippen LogP contribution in [0.2, 0.25) is 0 Å². The van der Waals surface area contributed by atoms with E-state index in [0.717, 1.165) is 29.5 Å². The fraction of sp³-hybridized carbons (Fsp3) is 0.538. The Hall–Kier alpha value is -0.450. The molecule has 0 amide bonds. The number of aliphatic hydroxyl groups excluding tert-OH is 1. The van der Waals surface area contributed by atoms with E-state index < -0.39 is 0 Å². The molecule has 0 radical (unpaired) electrons. The molecule has 0 spiro atoms. The first-order valence-corrected chi connectivity index (χ1v) is 6.70. The molecule has 1 aromatic carbocycles. The van der Waals surface area contributed by atoms with E-state index in [4.69, 9.17) is 0 Å². The Bertz CT molecular complexity index is 397. The van der Waals surface area contributed by atoms with Crippen LogP contribution < -0.4 is 0 Å². The third-order valence-corrected chi connectivity index (χ3v) is 3.89. The molecular weight excluding hydrogens is 285 g/mol. The van der Waals surface area contributed by atoms with Crippen LogP contribution in [0, 0.1) is 11.7 Å². The van der Waals surface area contributed by atoms with E-state index in [2.05, 4.69) is 20.8 Å². The Morgan fingerprint density at radius 3 is 2.94 bits per heavy atom. The van der Waals surface area contributed by atoms with Gasteiger partial charge in [-0.05, 0) is 37.9 Å². The summed E-state index contributed by atoms with van der Waals surface area (Å²) in [5.41, 5.74) is 0.722. The predicted molar refractivity (Wildman–Crippen MR) is 69.2 cm³/mol. The zero-order valence-corrected chi connectivity index (χ0v) is 11.5. The number of likely N-dealkylation sites (tertiary alicyclic amines) is 1. The lowest BCUT2D eigenvalue weighted by molar-refractivity contribution is 0.127. The van der Waals surface area contributed by atoms with E-state index >= 15 is 0 Å². The Morgan fingerprint density at radius 2 is 2.35 bits per heavy atom. The summed E-state index contributed by atoms with van der Waals surface area (Å²) in [7, 11) is 0. The minimum absolute atomic E-state index is 0.167. The molecule has 2 atom stereocenters. The van der Waals surface area contributed by atoms with Gasteiger partial charge in [0.05, 0.1) is 6.10 Å². The summed E-state index contributed by atoms with van der Waals surface area (Å²) in [5, 5.41) is 9.52. The Morgan fingerprint density at radius 1 is 1.59 bits per heavy atom. The van der Waals surface area contributed by atoms with E-state index in [9.17, 15) is 9.50 Å². The van der Waals surface area contributed by atoms with Gasteiger partial charge in [0.1, 0.15) is 5.82 Å². The number of halogens is 2. The summed E-state index contributed by atoms with van der Waals surface area (Å²) < 4.78 is 14.4. The molecule has 1 aromatic rings. The fourth-order valence-electron chi connectivity index (χ4n) is 2.29. The lowest BCUT2D eigenvalue weighted by Gasteiger charge is -2.17. The zero-order valence-electron chi connectivity index (χ0n) is 9.87. The predicted octanol–water partition coefficient (Wildman–Crippen LogP) is 2.79. The molecule has 2 unspecified atom stereocenters. The third-order valence-electron chi connectivity index (χ3n) is 3.40. The van der Waals surface area contributed by atoms with E-state index in [1.807, 2.05) is 19.1 Å². The number of nitrogens with zero attached hydrogens (tertiary/aromatic N) is 1. The second-order valence-electron chi connectivity index (χ2n) is 4.76. The minimum atomic E-state index is -0.269. The third kappa shape index (κ3) is 3.27. The fourth-order valence-corrected chi connectivity index (χ4v) is 2.62. The number of aliphatic hydroxyl groups is 1. The monoisotopic (exact) mass is 301 g/mol. The van der Waals surface area contributed by atoms with Gasteiger partial charge >= 0.3 is 0 Å². The lowest BCUT2D eigenvalue weighted by Crippen LogP contribution is -2.24. The maximum absolute atomic E-state index is 13.7. The van der Waals surface area contributed by atoms with Crippen molar-refractivity contribution in [3.63, 3.8) is 0 Å². The van der Waals surface area contributed by atoms with Gasteiger partial charge in [0.15, 0.2) is 0 Å². The van der Waals surface area contributed by atoms with Crippen molar-refractivity contribution in [2.45, 2.75) is 26.0 Å². The molecule has 2 nitrogen and oxygen atoms in total. The van der Waals surface area contributed by atoms with Gasteiger partial charge in [-0.1, -0.05) is 22.0 Å². The van der Waals surface area contributed by atoms with E-state index in [1.54, 1.807) is 0 Å². The first-order valence-electron chi connectivity index (χ1n) is 5.90. The molecule has 0 saturated carbocycles. The highest BCUT2D eigenvalue weighted by atomic mass is 79.9. The molecule has 1 aliphatic heterocycles. The number of hydrogen-bond donors (Lipinski definition) is 1. The van der Waals surface area contributed by atoms with Gasteiger partial charge in [-0.25, -0.2) is 4.39 Å². The van der Waals surface area contributed by atoms with Gasteiger partial charge in [-0.2, -0.15) is 0 Å². The SMILES string of the molecule is CC(O)C1CCN(Cc2ccc(Br)cc2F)C1. The van der Waals surface area contributed by atoms with Crippen LogP contribution in [0.15, 0.2) is 22.7 Å². The molecular formula is C13H17BrFNO. The molecule has 1 heterocycles. The van der Waals surface area contributed by atoms with Crippen LogP contribution in [0.3, 0.4) is 0 Å². The molecule has 0 aliphatic carbocycles. The van der Waals surface area contributed by atoms with Crippen LogP contribution in [0.4, 0.5) is 4.39 Å². The summed E-state index contributed by atoms with van der Waals surface area (Å²) in [6, 6.07) is 5.17.